The molecule has 2 rings (SSSR count). The molecule has 26 heavy (non-hydrogen) atoms. The second-order valence-electron chi connectivity index (χ2n) is 5.68. The minimum Gasteiger partial charge on any atom is -0.502 e. The monoisotopic (exact) mass is 358 g/mol. The van der Waals surface area contributed by atoms with Crippen LogP contribution in [0.3, 0.4) is 0 Å². The van der Waals surface area contributed by atoms with Crippen LogP contribution in [0.25, 0.3) is 0 Å². The smallest absolute Gasteiger partial charge is 0.277 e. The van der Waals surface area contributed by atoms with Gasteiger partial charge < -0.3 is 19.3 Å². The normalized spacial score (nSPS) is 10.6. The predicted molar refractivity (Wildman–Crippen MR) is 98.4 cm³/mol. The molecule has 7 nitrogen and oxygen atoms in total. The van der Waals surface area contributed by atoms with E-state index in [1.165, 1.54) is 20.4 Å². The molecule has 0 aliphatic carbocycles. The summed E-state index contributed by atoms with van der Waals surface area (Å²) in [6.07, 6.45) is 1.42. The Morgan fingerprint density at radius 3 is 2.19 bits per heavy atom. The molecule has 2 N–H and O–H groups in total. The van der Waals surface area contributed by atoms with Gasteiger partial charge in [0.05, 0.1) is 20.4 Å². The van der Waals surface area contributed by atoms with Crippen LogP contribution >= 0.6 is 0 Å². The average Bonchev–Trinajstić information content (AvgIpc) is 2.60. The number of nitrogens with one attached hydrogen (secondary N) is 1. The van der Waals surface area contributed by atoms with Crippen molar-refractivity contribution in [2.24, 2.45) is 5.10 Å². The van der Waals surface area contributed by atoms with E-state index in [1.807, 2.05) is 32.0 Å². The van der Waals surface area contributed by atoms with E-state index < -0.39 is 5.91 Å². The molecule has 2 aromatic carbocycles. The number of hydrazone groups is 1. The quantitative estimate of drug-likeness (QED) is 0.586. The predicted octanol–water partition coefficient (Wildman–Crippen LogP) is 2.56. The fourth-order valence-electron chi connectivity index (χ4n) is 2.36. The topological polar surface area (TPSA) is 89.4 Å². The summed E-state index contributed by atoms with van der Waals surface area (Å²) < 4.78 is 15.6. The third kappa shape index (κ3) is 5.14. The van der Waals surface area contributed by atoms with E-state index in [9.17, 15) is 9.90 Å². The van der Waals surface area contributed by atoms with E-state index in [4.69, 9.17) is 14.2 Å². The van der Waals surface area contributed by atoms with E-state index in [-0.39, 0.29) is 23.9 Å². The number of ether oxygens (including phenoxy) is 3. The number of hydrogen-bond acceptors (Lipinski definition) is 6. The van der Waals surface area contributed by atoms with Crippen LogP contribution in [0.4, 0.5) is 0 Å². The van der Waals surface area contributed by atoms with E-state index >= 15 is 0 Å². The molecular weight excluding hydrogens is 336 g/mol. The Balaban J connectivity index is 1.94. The zero-order valence-corrected chi connectivity index (χ0v) is 15.2. The van der Waals surface area contributed by atoms with Gasteiger partial charge >= 0.3 is 0 Å². The molecular formula is C19H22N2O5. The molecule has 2 aromatic rings. The highest BCUT2D eigenvalue weighted by atomic mass is 16.5. The number of hydrogen-bond donors (Lipinski definition) is 2. The summed E-state index contributed by atoms with van der Waals surface area (Å²) in [5, 5.41) is 13.7. The molecule has 0 radical (unpaired) electrons. The van der Waals surface area contributed by atoms with Gasteiger partial charge in [0.25, 0.3) is 5.91 Å². The lowest BCUT2D eigenvalue weighted by Gasteiger charge is -2.09. The van der Waals surface area contributed by atoms with Crippen molar-refractivity contribution >= 4 is 12.1 Å². The van der Waals surface area contributed by atoms with Crippen molar-refractivity contribution < 1.29 is 24.1 Å². The summed E-state index contributed by atoms with van der Waals surface area (Å²) in [5.41, 5.74) is 5.10. The molecule has 0 bridgehead atoms. The van der Waals surface area contributed by atoms with Gasteiger partial charge in [-0.1, -0.05) is 6.07 Å². The lowest BCUT2D eigenvalue weighted by atomic mass is 10.1. The number of amides is 1. The van der Waals surface area contributed by atoms with E-state index in [1.54, 1.807) is 12.1 Å². The highest BCUT2D eigenvalue weighted by Crippen LogP contribution is 2.36. The standard InChI is InChI=1S/C19H22N2O5/c1-12-5-13(2)7-15(6-12)26-11-18(22)21-20-10-14-8-16(24-3)19(23)17(9-14)25-4/h5-10,23H,11H2,1-4H3,(H,21,22)/b20-10+. The zero-order chi connectivity index (χ0) is 19.1. The first-order valence-corrected chi connectivity index (χ1v) is 7.91. The number of aromatic hydroxyl groups is 1. The highest BCUT2D eigenvalue weighted by Gasteiger charge is 2.10. The molecule has 0 fully saturated rings. The maximum atomic E-state index is 11.8. The van der Waals surface area contributed by atoms with Crippen molar-refractivity contribution in [2.45, 2.75) is 13.8 Å². The Labute approximate surface area is 152 Å². The van der Waals surface area contributed by atoms with Crippen LogP contribution in [0, 0.1) is 13.8 Å². The van der Waals surface area contributed by atoms with Gasteiger partial charge in [0.1, 0.15) is 5.75 Å². The van der Waals surface area contributed by atoms with Crippen molar-refractivity contribution in [3.8, 4) is 23.0 Å². The maximum absolute atomic E-state index is 11.8. The summed E-state index contributed by atoms with van der Waals surface area (Å²) in [5.74, 6) is 0.636. The Morgan fingerprint density at radius 2 is 1.65 bits per heavy atom. The number of carbonyl (C=O) groups excluding carboxylic acids is 1. The van der Waals surface area contributed by atoms with Crippen LogP contribution < -0.4 is 19.6 Å². The minimum atomic E-state index is -0.391. The molecule has 0 unspecified atom stereocenters. The van der Waals surface area contributed by atoms with Gasteiger partial charge in [0.15, 0.2) is 18.1 Å². The lowest BCUT2D eigenvalue weighted by molar-refractivity contribution is -0.123. The molecule has 0 aliphatic rings. The first-order valence-electron chi connectivity index (χ1n) is 7.91. The summed E-state index contributed by atoms with van der Waals surface area (Å²) in [6.45, 7) is 3.78. The van der Waals surface area contributed by atoms with Gasteiger partial charge in [0.2, 0.25) is 5.75 Å². The lowest BCUT2D eigenvalue weighted by Crippen LogP contribution is -2.24. The molecule has 0 aromatic heterocycles. The van der Waals surface area contributed by atoms with Gasteiger partial charge in [-0.3, -0.25) is 4.79 Å². The number of rotatable bonds is 7. The number of phenolic OH excluding ortho intramolecular Hbond substituents is 1. The van der Waals surface area contributed by atoms with Crippen molar-refractivity contribution in [3.63, 3.8) is 0 Å². The number of aryl methyl sites for hydroxylation is 2. The Hall–Kier alpha value is -3.22. The summed E-state index contributed by atoms with van der Waals surface area (Å²) in [7, 11) is 2.86. The van der Waals surface area contributed by atoms with Gasteiger partial charge in [0, 0.05) is 5.56 Å². The Morgan fingerprint density at radius 1 is 1.08 bits per heavy atom. The van der Waals surface area contributed by atoms with Crippen molar-refractivity contribution in [2.75, 3.05) is 20.8 Å². The largest absolute Gasteiger partial charge is 0.502 e. The number of phenols is 1. The van der Waals surface area contributed by atoms with Gasteiger partial charge in [-0.05, 0) is 49.2 Å². The van der Waals surface area contributed by atoms with Crippen LogP contribution in [-0.2, 0) is 4.79 Å². The molecule has 0 spiro atoms. The van der Waals surface area contributed by atoms with Gasteiger partial charge in [-0.2, -0.15) is 5.10 Å². The maximum Gasteiger partial charge on any atom is 0.277 e. The molecule has 138 valence electrons. The third-order valence-electron chi connectivity index (χ3n) is 3.47. The molecule has 1 amide bonds. The molecule has 0 atom stereocenters. The Bertz CT molecular complexity index is 772. The SMILES string of the molecule is COc1cc(/C=N/NC(=O)COc2cc(C)cc(C)c2)cc(OC)c1O. The average molecular weight is 358 g/mol. The summed E-state index contributed by atoms with van der Waals surface area (Å²) >= 11 is 0. The van der Waals surface area contributed by atoms with E-state index in [2.05, 4.69) is 10.5 Å². The van der Waals surface area contributed by atoms with Gasteiger partial charge in [-0.25, -0.2) is 5.43 Å². The van der Waals surface area contributed by atoms with Gasteiger partial charge in [-0.15, -0.1) is 0 Å². The van der Waals surface area contributed by atoms with Crippen molar-refractivity contribution in [1.82, 2.24) is 5.43 Å². The van der Waals surface area contributed by atoms with Crippen molar-refractivity contribution in [1.29, 1.82) is 0 Å². The summed E-state index contributed by atoms with van der Waals surface area (Å²) in [6, 6.07) is 8.88. The summed E-state index contributed by atoms with van der Waals surface area (Å²) in [4.78, 5) is 11.8. The first-order chi connectivity index (χ1) is 12.4. The Kier molecular flexibility index (Phi) is 6.43. The number of benzene rings is 2. The first kappa shape index (κ1) is 19.1. The zero-order valence-electron chi connectivity index (χ0n) is 15.2. The molecule has 0 saturated carbocycles. The van der Waals surface area contributed by atoms with Crippen LogP contribution in [0.15, 0.2) is 35.4 Å². The van der Waals surface area contributed by atoms with E-state index in [0.717, 1.165) is 11.1 Å². The molecule has 0 aliphatic heterocycles. The van der Waals surface area contributed by atoms with E-state index in [0.29, 0.717) is 11.3 Å². The van der Waals surface area contributed by atoms with Crippen LogP contribution in [0.1, 0.15) is 16.7 Å². The molecule has 7 heteroatoms. The number of nitrogens with zero attached hydrogens (tertiary/aromatic N) is 1. The van der Waals surface area contributed by atoms with Crippen LogP contribution in [-0.4, -0.2) is 38.1 Å². The van der Waals surface area contributed by atoms with Crippen LogP contribution in [0.5, 0.6) is 23.0 Å². The fourth-order valence-corrected chi connectivity index (χ4v) is 2.36. The number of carbonyl (C=O) groups is 1. The van der Waals surface area contributed by atoms with Crippen molar-refractivity contribution in [3.05, 3.63) is 47.0 Å². The highest BCUT2D eigenvalue weighted by molar-refractivity contribution is 5.84. The second-order valence-corrected chi connectivity index (χ2v) is 5.68. The fraction of sp³-hybridized carbons (Fsp3) is 0.263. The minimum absolute atomic E-state index is 0.0990. The molecule has 0 heterocycles. The second kappa shape index (κ2) is 8.75. The number of methoxy groups -OCH3 is 2. The molecule has 0 saturated heterocycles. The third-order valence-corrected chi connectivity index (χ3v) is 3.47. The van der Waals surface area contributed by atoms with Crippen LogP contribution in [0.2, 0.25) is 0 Å².